The van der Waals surface area contributed by atoms with Gasteiger partial charge in [-0.2, -0.15) is 0 Å². The first-order valence-corrected chi connectivity index (χ1v) is 7.30. The Morgan fingerprint density at radius 3 is 2.79 bits per heavy atom. The van der Waals surface area contributed by atoms with Crippen LogP contribution in [0.15, 0.2) is 53.7 Å². The third-order valence-electron chi connectivity index (χ3n) is 2.78. The van der Waals surface area contributed by atoms with Gasteiger partial charge in [0.15, 0.2) is 0 Å². The van der Waals surface area contributed by atoms with Gasteiger partial charge in [0.05, 0.1) is 0 Å². The summed E-state index contributed by atoms with van der Waals surface area (Å²) in [4.78, 5) is 4.83. The van der Waals surface area contributed by atoms with Crippen LogP contribution in [-0.4, -0.2) is 17.3 Å². The second-order valence-corrected chi connectivity index (χ2v) is 5.20. The molecule has 0 aliphatic heterocycles. The lowest BCUT2D eigenvalue weighted by atomic mass is 10.1. The van der Waals surface area contributed by atoms with Crippen molar-refractivity contribution in [2.45, 2.75) is 17.9 Å². The fourth-order valence-corrected chi connectivity index (χ4v) is 2.87. The van der Waals surface area contributed by atoms with Gasteiger partial charge < -0.3 is 5.32 Å². The Balaban J connectivity index is 2.04. The Morgan fingerprint density at radius 2 is 2.11 bits per heavy atom. The molecule has 1 aromatic heterocycles. The van der Waals surface area contributed by atoms with Gasteiger partial charge in [-0.1, -0.05) is 25.1 Å². The van der Waals surface area contributed by atoms with Crippen molar-refractivity contribution in [2.24, 2.45) is 0 Å². The van der Waals surface area contributed by atoms with E-state index in [-0.39, 0.29) is 11.9 Å². The summed E-state index contributed by atoms with van der Waals surface area (Å²) < 4.78 is 13.6. The molecule has 1 heterocycles. The molecule has 19 heavy (non-hydrogen) atoms. The SMILES string of the molecule is CCNC(CSc1ccccc1F)c1cccnc1. The van der Waals surface area contributed by atoms with E-state index in [1.807, 2.05) is 30.5 Å². The summed E-state index contributed by atoms with van der Waals surface area (Å²) in [6.07, 6.45) is 3.62. The summed E-state index contributed by atoms with van der Waals surface area (Å²) >= 11 is 1.52. The second-order valence-electron chi connectivity index (χ2n) is 4.14. The molecule has 1 N–H and O–H groups in total. The number of aromatic nitrogens is 1. The summed E-state index contributed by atoms with van der Waals surface area (Å²) in [5.41, 5.74) is 1.13. The van der Waals surface area contributed by atoms with Gasteiger partial charge in [0.2, 0.25) is 0 Å². The number of halogens is 1. The average molecular weight is 276 g/mol. The van der Waals surface area contributed by atoms with E-state index in [4.69, 9.17) is 0 Å². The molecule has 0 bridgehead atoms. The zero-order valence-electron chi connectivity index (χ0n) is 10.8. The molecular formula is C15H17FN2S. The molecule has 0 fully saturated rings. The van der Waals surface area contributed by atoms with E-state index < -0.39 is 0 Å². The van der Waals surface area contributed by atoms with Crippen LogP contribution in [0.3, 0.4) is 0 Å². The van der Waals surface area contributed by atoms with Crippen molar-refractivity contribution in [3.8, 4) is 0 Å². The summed E-state index contributed by atoms with van der Waals surface area (Å²) in [7, 11) is 0. The monoisotopic (exact) mass is 276 g/mol. The number of rotatable bonds is 6. The van der Waals surface area contributed by atoms with Gasteiger partial charge >= 0.3 is 0 Å². The quantitative estimate of drug-likeness (QED) is 0.815. The molecular weight excluding hydrogens is 259 g/mol. The van der Waals surface area contributed by atoms with Crippen molar-refractivity contribution < 1.29 is 4.39 Å². The number of nitrogens with zero attached hydrogens (tertiary/aromatic N) is 1. The van der Waals surface area contributed by atoms with Crippen molar-refractivity contribution in [2.75, 3.05) is 12.3 Å². The molecule has 4 heteroatoms. The molecule has 100 valence electrons. The molecule has 1 aromatic carbocycles. The van der Waals surface area contributed by atoms with Crippen molar-refractivity contribution in [3.63, 3.8) is 0 Å². The smallest absolute Gasteiger partial charge is 0.136 e. The maximum absolute atomic E-state index is 13.6. The van der Waals surface area contributed by atoms with Crippen LogP contribution < -0.4 is 5.32 Å². The fraction of sp³-hybridized carbons (Fsp3) is 0.267. The topological polar surface area (TPSA) is 24.9 Å². The van der Waals surface area contributed by atoms with Gasteiger partial charge in [0.1, 0.15) is 5.82 Å². The molecule has 0 saturated heterocycles. The van der Waals surface area contributed by atoms with Crippen LogP contribution in [0.4, 0.5) is 4.39 Å². The Hall–Kier alpha value is -1.39. The van der Waals surface area contributed by atoms with Crippen LogP contribution in [0.25, 0.3) is 0 Å². The Morgan fingerprint density at radius 1 is 1.26 bits per heavy atom. The van der Waals surface area contributed by atoms with Crippen LogP contribution in [-0.2, 0) is 0 Å². The fourth-order valence-electron chi connectivity index (χ4n) is 1.84. The van der Waals surface area contributed by atoms with E-state index in [0.717, 1.165) is 17.9 Å². The van der Waals surface area contributed by atoms with Gasteiger partial charge in [-0.15, -0.1) is 11.8 Å². The maximum atomic E-state index is 13.6. The van der Waals surface area contributed by atoms with Crippen LogP contribution in [0.1, 0.15) is 18.5 Å². The minimum atomic E-state index is -0.158. The lowest BCUT2D eigenvalue weighted by molar-refractivity contribution is 0.594. The molecule has 0 aliphatic carbocycles. The Kier molecular flexibility index (Phi) is 5.36. The molecule has 0 radical (unpaired) electrons. The number of hydrogen-bond acceptors (Lipinski definition) is 3. The first-order chi connectivity index (χ1) is 9.31. The molecule has 0 amide bonds. The van der Waals surface area contributed by atoms with Gasteiger partial charge in [0, 0.05) is 29.1 Å². The predicted molar refractivity (Wildman–Crippen MR) is 77.8 cm³/mol. The van der Waals surface area contributed by atoms with Gasteiger partial charge in [-0.05, 0) is 30.3 Å². The number of hydrogen-bond donors (Lipinski definition) is 1. The number of benzene rings is 1. The summed E-state index contributed by atoms with van der Waals surface area (Å²) in [6, 6.07) is 11.0. The zero-order chi connectivity index (χ0) is 13.5. The molecule has 2 nitrogen and oxygen atoms in total. The van der Waals surface area contributed by atoms with Crippen molar-refractivity contribution in [3.05, 3.63) is 60.2 Å². The zero-order valence-corrected chi connectivity index (χ0v) is 11.7. The highest BCUT2D eigenvalue weighted by atomic mass is 32.2. The molecule has 0 saturated carbocycles. The first kappa shape index (κ1) is 14.0. The van der Waals surface area contributed by atoms with E-state index in [2.05, 4.69) is 17.2 Å². The summed E-state index contributed by atoms with van der Waals surface area (Å²) in [5, 5.41) is 3.41. The van der Waals surface area contributed by atoms with Crippen LogP contribution >= 0.6 is 11.8 Å². The van der Waals surface area contributed by atoms with Crippen molar-refractivity contribution in [1.29, 1.82) is 0 Å². The lowest BCUT2D eigenvalue weighted by Crippen LogP contribution is -2.23. The highest BCUT2D eigenvalue weighted by molar-refractivity contribution is 7.99. The highest BCUT2D eigenvalue weighted by Gasteiger charge is 2.12. The summed E-state index contributed by atoms with van der Waals surface area (Å²) in [5.74, 6) is 0.620. The predicted octanol–water partition coefficient (Wildman–Crippen LogP) is 3.66. The number of thioether (sulfide) groups is 1. The van der Waals surface area contributed by atoms with Crippen LogP contribution in [0.2, 0.25) is 0 Å². The molecule has 0 spiro atoms. The largest absolute Gasteiger partial charge is 0.309 e. The lowest BCUT2D eigenvalue weighted by Gasteiger charge is -2.17. The number of pyridine rings is 1. The van der Waals surface area contributed by atoms with E-state index in [1.54, 1.807) is 12.3 Å². The summed E-state index contributed by atoms with van der Waals surface area (Å²) in [6.45, 7) is 2.94. The van der Waals surface area contributed by atoms with Gasteiger partial charge in [-0.3, -0.25) is 4.98 Å². The van der Waals surface area contributed by atoms with Gasteiger partial charge in [-0.25, -0.2) is 4.39 Å². The van der Waals surface area contributed by atoms with E-state index >= 15 is 0 Å². The Labute approximate surface area is 117 Å². The van der Waals surface area contributed by atoms with Crippen molar-refractivity contribution in [1.82, 2.24) is 10.3 Å². The average Bonchev–Trinajstić information content (AvgIpc) is 2.46. The highest BCUT2D eigenvalue weighted by Crippen LogP contribution is 2.26. The van der Waals surface area contributed by atoms with E-state index in [0.29, 0.717) is 4.90 Å². The Bertz CT molecular complexity index is 505. The minimum absolute atomic E-state index is 0.158. The molecule has 2 rings (SSSR count). The van der Waals surface area contributed by atoms with Crippen LogP contribution in [0, 0.1) is 5.82 Å². The molecule has 1 unspecified atom stereocenters. The third kappa shape index (κ3) is 4.04. The molecule has 2 aromatic rings. The van der Waals surface area contributed by atoms with E-state index in [1.165, 1.54) is 17.8 Å². The third-order valence-corrected chi connectivity index (χ3v) is 3.92. The minimum Gasteiger partial charge on any atom is -0.309 e. The molecule has 1 atom stereocenters. The maximum Gasteiger partial charge on any atom is 0.136 e. The standard InChI is InChI=1S/C15H17FN2S/c1-2-18-14(12-6-5-9-17-10-12)11-19-15-8-4-3-7-13(15)16/h3-10,14,18H,2,11H2,1H3. The first-order valence-electron chi connectivity index (χ1n) is 6.32. The molecule has 0 aliphatic rings. The van der Waals surface area contributed by atoms with Crippen molar-refractivity contribution >= 4 is 11.8 Å². The van der Waals surface area contributed by atoms with Crippen LogP contribution in [0.5, 0.6) is 0 Å². The number of nitrogens with one attached hydrogen (secondary N) is 1. The van der Waals surface area contributed by atoms with E-state index in [9.17, 15) is 4.39 Å². The second kappa shape index (κ2) is 7.26. The van der Waals surface area contributed by atoms with Gasteiger partial charge in [0.25, 0.3) is 0 Å². The normalized spacial score (nSPS) is 12.3.